The minimum atomic E-state index is 0.466. The molecule has 0 aliphatic heterocycles. The summed E-state index contributed by atoms with van der Waals surface area (Å²) < 4.78 is 2.38. The van der Waals surface area contributed by atoms with Crippen molar-refractivity contribution in [2.24, 2.45) is 4.99 Å². The Morgan fingerprint density at radius 2 is 1.84 bits per heavy atom. The molecule has 1 fully saturated rings. The van der Waals surface area contributed by atoms with Gasteiger partial charge in [0.05, 0.1) is 17.2 Å². The summed E-state index contributed by atoms with van der Waals surface area (Å²) in [6.07, 6.45) is 15.2. The fourth-order valence-electron chi connectivity index (χ4n) is 4.59. The summed E-state index contributed by atoms with van der Waals surface area (Å²) in [5.41, 5.74) is 4.15. The van der Waals surface area contributed by atoms with Crippen molar-refractivity contribution >= 4 is 34.1 Å². The Hall–Kier alpha value is -3.28. The second kappa shape index (κ2) is 8.46. The molecule has 6 nitrogen and oxygen atoms in total. The lowest BCUT2D eigenvalue weighted by Gasteiger charge is -2.17. The number of nitrogens with zero attached hydrogens (tertiary/aromatic N) is 6. The van der Waals surface area contributed by atoms with E-state index in [2.05, 4.69) is 38.9 Å². The van der Waals surface area contributed by atoms with E-state index in [4.69, 9.17) is 9.97 Å². The van der Waals surface area contributed by atoms with Gasteiger partial charge in [-0.2, -0.15) is 0 Å². The molecule has 4 aromatic rings. The Kier molecular flexibility index (Phi) is 5.37. The van der Waals surface area contributed by atoms with E-state index in [0.29, 0.717) is 11.9 Å². The van der Waals surface area contributed by atoms with Gasteiger partial charge in [0, 0.05) is 49.0 Å². The minimum absolute atomic E-state index is 0.466. The molecule has 1 saturated carbocycles. The lowest BCUT2D eigenvalue weighted by molar-refractivity contribution is 0.454. The molecule has 3 aromatic heterocycles. The van der Waals surface area contributed by atoms with Gasteiger partial charge in [-0.3, -0.25) is 4.98 Å². The maximum absolute atomic E-state index is 4.73. The zero-order valence-corrected chi connectivity index (χ0v) is 18.2. The molecule has 5 rings (SSSR count). The number of aromatic nitrogens is 4. The van der Waals surface area contributed by atoms with Gasteiger partial charge in [0.2, 0.25) is 0 Å². The number of aliphatic imine (C=N–C) groups is 1. The molecule has 0 N–H and O–H groups in total. The van der Waals surface area contributed by atoms with Gasteiger partial charge >= 0.3 is 0 Å². The van der Waals surface area contributed by atoms with Crippen LogP contribution in [-0.4, -0.2) is 44.9 Å². The second-order valence-electron chi connectivity index (χ2n) is 8.62. The molecule has 0 spiro atoms. The van der Waals surface area contributed by atoms with Crippen molar-refractivity contribution in [2.75, 3.05) is 14.1 Å². The normalized spacial score (nSPS) is 15.7. The number of hydrogen-bond acceptors (Lipinski definition) is 4. The molecular weight excluding hydrogens is 384 g/mol. The summed E-state index contributed by atoms with van der Waals surface area (Å²) >= 11 is 0. The van der Waals surface area contributed by atoms with Crippen LogP contribution >= 0.6 is 0 Å². The molecule has 1 aliphatic rings. The largest absolute Gasteiger partial charge is 0.369 e. The van der Waals surface area contributed by atoms with Gasteiger partial charge in [0.25, 0.3) is 0 Å². The third-order valence-electron chi connectivity index (χ3n) is 6.12. The molecule has 0 atom stereocenters. The van der Waals surface area contributed by atoms with Crippen molar-refractivity contribution in [3.05, 3.63) is 49.1 Å². The van der Waals surface area contributed by atoms with E-state index in [1.807, 2.05) is 37.3 Å². The number of hydrogen-bond donors (Lipinski definition) is 0. The Morgan fingerprint density at radius 1 is 1.03 bits per heavy atom. The number of benzene rings is 1. The first kappa shape index (κ1) is 19.7. The Morgan fingerprint density at radius 3 is 2.65 bits per heavy atom. The molecule has 31 heavy (non-hydrogen) atoms. The maximum atomic E-state index is 4.73. The summed E-state index contributed by atoms with van der Waals surface area (Å²) in [5, 5.41) is 2.13. The van der Waals surface area contributed by atoms with Gasteiger partial charge in [-0.05, 0) is 25.0 Å². The Bertz CT molecular complexity index is 1230. The van der Waals surface area contributed by atoms with Crippen LogP contribution in [0.25, 0.3) is 33.1 Å². The molecule has 6 heteroatoms. The van der Waals surface area contributed by atoms with Crippen LogP contribution in [0.2, 0.25) is 0 Å². The van der Waals surface area contributed by atoms with Crippen LogP contribution in [0.1, 0.15) is 44.6 Å². The average Bonchev–Trinajstić information content (AvgIpc) is 2.98. The van der Waals surface area contributed by atoms with Gasteiger partial charge in [0.15, 0.2) is 5.82 Å². The van der Waals surface area contributed by atoms with Crippen LogP contribution in [0.4, 0.5) is 5.82 Å². The predicted octanol–water partition coefficient (Wildman–Crippen LogP) is 5.76. The lowest BCUT2D eigenvalue weighted by Crippen LogP contribution is -2.08. The summed E-state index contributed by atoms with van der Waals surface area (Å²) in [4.78, 5) is 20.6. The summed E-state index contributed by atoms with van der Waals surface area (Å²) in [5.74, 6) is 0.703. The van der Waals surface area contributed by atoms with Crippen LogP contribution in [0.5, 0.6) is 0 Å². The number of para-hydroxylation sites is 1. The third kappa shape index (κ3) is 3.90. The van der Waals surface area contributed by atoms with Crippen molar-refractivity contribution in [3.8, 4) is 11.1 Å². The summed E-state index contributed by atoms with van der Waals surface area (Å²) in [6, 6.07) is 10.9. The summed E-state index contributed by atoms with van der Waals surface area (Å²) in [6.45, 7) is 0. The van der Waals surface area contributed by atoms with Crippen molar-refractivity contribution in [2.45, 2.75) is 44.6 Å². The van der Waals surface area contributed by atoms with E-state index in [0.717, 1.165) is 33.1 Å². The SMILES string of the molecule is CN(C)/C=N/c1ncnc2c1c(-c1cnc3ccccc3c1)cn2C1CCCCCC1. The van der Waals surface area contributed by atoms with Gasteiger partial charge in [-0.25, -0.2) is 15.0 Å². The highest BCUT2D eigenvalue weighted by atomic mass is 15.1. The molecule has 1 aliphatic carbocycles. The zero-order chi connectivity index (χ0) is 21.2. The topological polar surface area (TPSA) is 59.2 Å². The molecule has 158 valence electrons. The lowest BCUT2D eigenvalue weighted by atomic mass is 10.1. The van der Waals surface area contributed by atoms with Gasteiger partial charge in [0.1, 0.15) is 12.0 Å². The Balaban J connectivity index is 1.73. The fraction of sp³-hybridized carbons (Fsp3) is 0.360. The highest BCUT2D eigenvalue weighted by Gasteiger charge is 2.22. The monoisotopic (exact) mass is 412 g/mol. The van der Waals surface area contributed by atoms with Crippen LogP contribution < -0.4 is 0 Å². The van der Waals surface area contributed by atoms with Gasteiger partial charge < -0.3 is 9.47 Å². The van der Waals surface area contributed by atoms with E-state index < -0.39 is 0 Å². The average molecular weight is 413 g/mol. The van der Waals surface area contributed by atoms with Gasteiger partial charge in [-0.1, -0.05) is 43.9 Å². The van der Waals surface area contributed by atoms with Crippen LogP contribution in [0, 0.1) is 0 Å². The van der Waals surface area contributed by atoms with Crippen LogP contribution in [0.3, 0.4) is 0 Å². The fourth-order valence-corrected chi connectivity index (χ4v) is 4.59. The van der Waals surface area contributed by atoms with E-state index in [1.165, 1.54) is 38.5 Å². The number of fused-ring (bicyclic) bond motifs is 2. The molecule has 3 heterocycles. The first-order valence-corrected chi connectivity index (χ1v) is 11.1. The minimum Gasteiger partial charge on any atom is -0.369 e. The first-order chi connectivity index (χ1) is 15.2. The third-order valence-corrected chi connectivity index (χ3v) is 6.12. The highest BCUT2D eigenvalue weighted by molar-refractivity contribution is 6.02. The van der Waals surface area contributed by atoms with E-state index in [9.17, 15) is 0 Å². The molecule has 0 unspecified atom stereocenters. The second-order valence-corrected chi connectivity index (χ2v) is 8.62. The Labute approximate surface area is 182 Å². The molecule has 0 saturated heterocycles. The quantitative estimate of drug-likeness (QED) is 0.243. The van der Waals surface area contributed by atoms with Gasteiger partial charge in [-0.15, -0.1) is 0 Å². The number of pyridine rings is 1. The molecule has 0 bridgehead atoms. The highest BCUT2D eigenvalue weighted by Crippen LogP contribution is 2.39. The maximum Gasteiger partial charge on any atom is 0.166 e. The van der Waals surface area contributed by atoms with Crippen molar-refractivity contribution in [1.82, 2.24) is 24.4 Å². The van der Waals surface area contributed by atoms with E-state index >= 15 is 0 Å². The molecule has 0 radical (unpaired) electrons. The number of rotatable bonds is 4. The molecule has 0 amide bonds. The summed E-state index contributed by atoms with van der Waals surface area (Å²) in [7, 11) is 3.93. The van der Waals surface area contributed by atoms with Crippen molar-refractivity contribution in [3.63, 3.8) is 0 Å². The molecular formula is C25H28N6. The zero-order valence-electron chi connectivity index (χ0n) is 18.2. The standard InChI is InChI=1S/C25H28N6/c1-30(2)17-29-24-23-21(19-13-18-9-7-8-12-22(18)26-14-19)15-31(25(23)28-16-27-24)20-10-5-3-4-6-11-20/h7-9,12-17,20H,3-6,10-11H2,1-2H3/b29-17+. The van der Waals surface area contributed by atoms with E-state index in [-0.39, 0.29) is 0 Å². The molecule has 1 aromatic carbocycles. The predicted molar refractivity (Wildman–Crippen MR) is 127 cm³/mol. The van der Waals surface area contributed by atoms with Crippen LogP contribution in [-0.2, 0) is 0 Å². The van der Waals surface area contributed by atoms with Crippen LogP contribution in [0.15, 0.2) is 54.0 Å². The van der Waals surface area contributed by atoms with Crippen molar-refractivity contribution < 1.29 is 0 Å². The van der Waals surface area contributed by atoms with Crippen molar-refractivity contribution in [1.29, 1.82) is 0 Å². The smallest absolute Gasteiger partial charge is 0.166 e. The van der Waals surface area contributed by atoms with E-state index in [1.54, 1.807) is 12.7 Å². The first-order valence-electron chi connectivity index (χ1n) is 11.1.